The minimum atomic E-state index is -0.407. The van der Waals surface area contributed by atoms with Gasteiger partial charge in [0, 0.05) is 11.1 Å². The predicted molar refractivity (Wildman–Crippen MR) is 68.8 cm³/mol. The van der Waals surface area contributed by atoms with E-state index >= 15 is 0 Å². The van der Waals surface area contributed by atoms with Crippen LogP contribution in [0, 0.1) is 0 Å². The number of amides is 1. The van der Waals surface area contributed by atoms with Gasteiger partial charge in [-0.3, -0.25) is 10.1 Å². The van der Waals surface area contributed by atoms with E-state index in [9.17, 15) is 4.79 Å². The molecule has 1 amide bonds. The maximum Gasteiger partial charge on any atom is 0.239 e. The second-order valence-electron chi connectivity index (χ2n) is 4.53. The van der Waals surface area contributed by atoms with E-state index in [0.29, 0.717) is 11.1 Å². The zero-order chi connectivity index (χ0) is 12.3. The molecule has 1 saturated carbocycles. The molecular weight excluding hydrogens is 236 g/mol. The van der Waals surface area contributed by atoms with Crippen molar-refractivity contribution >= 4 is 17.5 Å². The summed E-state index contributed by atoms with van der Waals surface area (Å²) >= 11 is 5.83. The Kier molecular flexibility index (Phi) is 4.02. The van der Waals surface area contributed by atoms with Crippen molar-refractivity contribution in [3.8, 4) is 0 Å². The summed E-state index contributed by atoms with van der Waals surface area (Å²) in [5.41, 5.74) is 6.33. The number of carbonyl (C=O) groups excluding carboxylic acids is 1. The van der Waals surface area contributed by atoms with E-state index in [4.69, 9.17) is 17.3 Å². The number of hydrogen-bond donors (Lipinski definition) is 2. The third kappa shape index (κ3) is 3.20. The third-order valence-corrected chi connectivity index (χ3v) is 3.50. The number of halogens is 1. The first kappa shape index (κ1) is 12.4. The van der Waals surface area contributed by atoms with Crippen LogP contribution in [0.1, 0.15) is 37.3 Å². The molecular formula is C13H17ClN2O. The van der Waals surface area contributed by atoms with Crippen molar-refractivity contribution in [3.63, 3.8) is 0 Å². The van der Waals surface area contributed by atoms with Gasteiger partial charge in [-0.2, -0.15) is 0 Å². The van der Waals surface area contributed by atoms with Crippen LogP contribution in [0.3, 0.4) is 0 Å². The van der Waals surface area contributed by atoms with Gasteiger partial charge in [-0.15, -0.1) is 0 Å². The highest BCUT2D eigenvalue weighted by Crippen LogP contribution is 2.23. The molecule has 2 rings (SSSR count). The fourth-order valence-electron chi connectivity index (χ4n) is 2.33. The van der Waals surface area contributed by atoms with E-state index in [1.807, 2.05) is 12.1 Å². The summed E-state index contributed by atoms with van der Waals surface area (Å²) in [6.45, 7) is 0. The fourth-order valence-corrected chi connectivity index (χ4v) is 2.45. The first-order valence-electron chi connectivity index (χ1n) is 5.97. The molecule has 1 aliphatic rings. The molecule has 1 aliphatic carbocycles. The predicted octanol–water partition coefficient (Wildman–Crippen LogP) is 2.40. The highest BCUT2D eigenvalue weighted by Gasteiger charge is 2.23. The number of nitrogens with two attached hydrogens (primary N) is 1. The first-order valence-corrected chi connectivity index (χ1v) is 6.35. The minimum Gasteiger partial charge on any atom is -0.368 e. The second-order valence-corrected chi connectivity index (χ2v) is 4.97. The lowest BCUT2D eigenvalue weighted by atomic mass is 10.0. The fraction of sp³-hybridized carbons (Fsp3) is 0.462. The molecule has 0 radical (unpaired) electrons. The lowest BCUT2D eigenvalue weighted by molar-refractivity contribution is -0.120. The van der Waals surface area contributed by atoms with Crippen LogP contribution in [0.2, 0.25) is 5.02 Å². The summed E-state index contributed by atoms with van der Waals surface area (Å²) in [5, 5.41) is 4.00. The summed E-state index contributed by atoms with van der Waals surface area (Å²) in [5.74, 6) is -0.334. The Labute approximate surface area is 106 Å². The molecule has 92 valence electrons. The largest absolute Gasteiger partial charge is 0.368 e. The SMILES string of the molecule is NC(=O)C(NC1CCCC1)c1ccc(Cl)cc1. The minimum absolute atomic E-state index is 0.334. The zero-order valence-corrected chi connectivity index (χ0v) is 10.4. The van der Waals surface area contributed by atoms with Crippen molar-refractivity contribution in [2.24, 2.45) is 5.73 Å². The van der Waals surface area contributed by atoms with Crippen LogP contribution >= 0.6 is 11.6 Å². The van der Waals surface area contributed by atoms with Crippen LogP contribution in [0.15, 0.2) is 24.3 Å². The Bertz CT molecular complexity index is 385. The average Bonchev–Trinajstić information content (AvgIpc) is 2.80. The monoisotopic (exact) mass is 252 g/mol. The highest BCUT2D eigenvalue weighted by atomic mass is 35.5. The number of carbonyl (C=O) groups is 1. The average molecular weight is 253 g/mol. The smallest absolute Gasteiger partial charge is 0.239 e. The van der Waals surface area contributed by atoms with Crippen LogP contribution in [0.5, 0.6) is 0 Å². The molecule has 1 atom stereocenters. The van der Waals surface area contributed by atoms with Crippen LogP contribution in [-0.2, 0) is 4.79 Å². The lowest BCUT2D eigenvalue weighted by Gasteiger charge is -2.20. The van der Waals surface area contributed by atoms with E-state index in [-0.39, 0.29) is 5.91 Å². The molecule has 0 bridgehead atoms. The van der Waals surface area contributed by atoms with Crippen molar-refractivity contribution in [1.29, 1.82) is 0 Å². The van der Waals surface area contributed by atoms with Crippen LogP contribution in [0.25, 0.3) is 0 Å². The normalized spacial score (nSPS) is 18.2. The van der Waals surface area contributed by atoms with E-state index < -0.39 is 6.04 Å². The van der Waals surface area contributed by atoms with Gasteiger partial charge in [0.1, 0.15) is 6.04 Å². The maximum absolute atomic E-state index is 11.5. The van der Waals surface area contributed by atoms with Gasteiger partial charge in [-0.05, 0) is 30.5 Å². The Morgan fingerprint density at radius 1 is 1.29 bits per heavy atom. The van der Waals surface area contributed by atoms with Gasteiger partial charge in [0.2, 0.25) is 5.91 Å². The van der Waals surface area contributed by atoms with Gasteiger partial charge in [0.05, 0.1) is 0 Å². The zero-order valence-electron chi connectivity index (χ0n) is 9.66. The molecule has 0 aliphatic heterocycles. The molecule has 1 aromatic rings. The van der Waals surface area contributed by atoms with Crippen LogP contribution in [-0.4, -0.2) is 11.9 Å². The van der Waals surface area contributed by atoms with Gasteiger partial charge >= 0.3 is 0 Å². The van der Waals surface area contributed by atoms with Crippen molar-refractivity contribution in [3.05, 3.63) is 34.9 Å². The number of rotatable bonds is 4. The molecule has 0 aromatic heterocycles. The summed E-state index contributed by atoms with van der Waals surface area (Å²) < 4.78 is 0. The Balaban J connectivity index is 2.10. The first-order chi connectivity index (χ1) is 8.16. The van der Waals surface area contributed by atoms with Crippen LogP contribution in [0.4, 0.5) is 0 Å². The summed E-state index contributed by atoms with van der Waals surface area (Å²) in [7, 11) is 0. The molecule has 4 heteroatoms. The summed E-state index contributed by atoms with van der Waals surface area (Å²) in [6, 6.07) is 7.25. The quantitative estimate of drug-likeness (QED) is 0.865. The second kappa shape index (κ2) is 5.52. The van der Waals surface area contributed by atoms with Crippen molar-refractivity contribution in [2.45, 2.75) is 37.8 Å². The van der Waals surface area contributed by atoms with Crippen molar-refractivity contribution < 1.29 is 4.79 Å². The topological polar surface area (TPSA) is 55.1 Å². The molecule has 1 aromatic carbocycles. The highest BCUT2D eigenvalue weighted by molar-refractivity contribution is 6.30. The maximum atomic E-state index is 11.5. The molecule has 17 heavy (non-hydrogen) atoms. The summed E-state index contributed by atoms with van der Waals surface area (Å²) in [6.07, 6.45) is 4.70. The molecule has 0 spiro atoms. The van der Waals surface area contributed by atoms with Gasteiger partial charge in [-0.1, -0.05) is 36.6 Å². The van der Waals surface area contributed by atoms with E-state index in [1.165, 1.54) is 12.8 Å². The number of primary amides is 1. The lowest BCUT2D eigenvalue weighted by Crippen LogP contribution is -2.38. The van der Waals surface area contributed by atoms with E-state index in [0.717, 1.165) is 18.4 Å². The number of nitrogens with one attached hydrogen (secondary N) is 1. The Hall–Kier alpha value is -1.06. The molecule has 0 saturated heterocycles. The van der Waals surface area contributed by atoms with Gasteiger partial charge in [-0.25, -0.2) is 0 Å². The van der Waals surface area contributed by atoms with Gasteiger partial charge in [0.15, 0.2) is 0 Å². The third-order valence-electron chi connectivity index (χ3n) is 3.25. The standard InChI is InChI=1S/C13H17ClN2O/c14-10-7-5-9(6-8-10)12(13(15)17)16-11-3-1-2-4-11/h5-8,11-12,16H,1-4H2,(H2,15,17). The number of benzene rings is 1. The molecule has 1 unspecified atom stereocenters. The van der Waals surface area contributed by atoms with Crippen LogP contribution < -0.4 is 11.1 Å². The molecule has 1 fully saturated rings. The van der Waals surface area contributed by atoms with E-state index in [2.05, 4.69) is 5.32 Å². The van der Waals surface area contributed by atoms with Crippen molar-refractivity contribution in [2.75, 3.05) is 0 Å². The van der Waals surface area contributed by atoms with Gasteiger partial charge in [0.25, 0.3) is 0 Å². The van der Waals surface area contributed by atoms with E-state index in [1.54, 1.807) is 12.1 Å². The number of hydrogen-bond acceptors (Lipinski definition) is 2. The molecule has 0 heterocycles. The molecule has 3 N–H and O–H groups in total. The Morgan fingerprint density at radius 3 is 2.41 bits per heavy atom. The summed E-state index contributed by atoms with van der Waals surface area (Å²) in [4.78, 5) is 11.5. The molecule has 3 nitrogen and oxygen atoms in total. The van der Waals surface area contributed by atoms with Gasteiger partial charge < -0.3 is 5.73 Å². The Morgan fingerprint density at radius 2 is 1.88 bits per heavy atom. The van der Waals surface area contributed by atoms with Crippen molar-refractivity contribution in [1.82, 2.24) is 5.32 Å².